The van der Waals surface area contributed by atoms with Gasteiger partial charge < -0.3 is 20.4 Å². The normalized spacial score (nSPS) is 16.7. The highest BCUT2D eigenvalue weighted by Crippen LogP contribution is 2.05. The summed E-state index contributed by atoms with van der Waals surface area (Å²) in [7, 11) is 0. The van der Waals surface area contributed by atoms with Gasteiger partial charge in [0.25, 0.3) is 0 Å². The Morgan fingerprint density at radius 2 is 2.28 bits per heavy atom. The summed E-state index contributed by atoms with van der Waals surface area (Å²) in [5.74, 6) is -0.0144. The second kappa shape index (κ2) is 6.67. The zero-order valence-corrected chi connectivity index (χ0v) is 10.8. The first-order valence-electron chi connectivity index (χ1n) is 5.98. The second-order valence-corrected chi connectivity index (χ2v) is 5.07. The van der Waals surface area contributed by atoms with Gasteiger partial charge in [0.05, 0.1) is 6.54 Å². The molecule has 2 rings (SSSR count). The zero-order valence-electron chi connectivity index (χ0n) is 10.0. The minimum Gasteiger partial charge on any atom is -0.381 e. The van der Waals surface area contributed by atoms with Crippen molar-refractivity contribution in [2.24, 2.45) is 0 Å². The lowest BCUT2D eigenvalue weighted by atomic mass is 10.1. The third kappa shape index (κ3) is 4.25. The quantitative estimate of drug-likeness (QED) is 0.694. The molecule has 0 atom stereocenters. The molecule has 1 aromatic heterocycles. The molecule has 3 N–H and O–H groups in total. The number of nitrogens with one attached hydrogen (secondary N) is 3. The van der Waals surface area contributed by atoms with E-state index in [2.05, 4.69) is 15.6 Å². The van der Waals surface area contributed by atoms with Crippen LogP contribution in [-0.4, -0.2) is 36.7 Å². The lowest BCUT2D eigenvalue weighted by Gasteiger charge is -2.23. The molecule has 1 aliphatic rings. The van der Waals surface area contributed by atoms with Gasteiger partial charge in [-0.15, -0.1) is 0 Å². The molecule has 0 spiro atoms. The van der Waals surface area contributed by atoms with E-state index >= 15 is 0 Å². The van der Waals surface area contributed by atoms with E-state index in [-0.39, 0.29) is 23.4 Å². The van der Waals surface area contributed by atoms with Gasteiger partial charge in [0.2, 0.25) is 5.91 Å². The van der Waals surface area contributed by atoms with Crippen LogP contribution in [0.5, 0.6) is 0 Å². The van der Waals surface area contributed by atoms with Crippen molar-refractivity contribution in [2.45, 2.75) is 25.4 Å². The summed E-state index contributed by atoms with van der Waals surface area (Å²) in [6.45, 7) is 2.19. The molecule has 0 aromatic carbocycles. The van der Waals surface area contributed by atoms with Crippen LogP contribution < -0.4 is 15.5 Å². The number of hydrogen-bond donors (Lipinski definition) is 3. The molecule has 0 unspecified atom stereocenters. The van der Waals surface area contributed by atoms with Gasteiger partial charge in [-0.05, 0) is 12.8 Å². The van der Waals surface area contributed by atoms with Crippen molar-refractivity contribution < 1.29 is 9.53 Å². The average Bonchev–Trinajstić information content (AvgIpc) is 2.76. The molecule has 0 bridgehead atoms. The van der Waals surface area contributed by atoms with E-state index in [9.17, 15) is 9.59 Å². The Bertz CT molecular complexity index is 437. The Kier molecular flexibility index (Phi) is 4.91. The van der Waals surface area contributed by atoms with Crippen molar-refractivity contribution in [2.75, 3.05) is 19.8 Å². The monoisotopic (exact) mass is 271 g/mol. The Hall–Kier alpha value is -1.18. The Labute approximate surface area is 109 Å². The van der Waals surface area contributed by atoms with Crippen LogP contribution in [0.2, 0.25) is 0 Å². The van der Waals surface area contributed by atoms with Crippen molar-refractivity contribution in [3.8, 4) is 0 Å². The largest absolute Gasteiger partial charge is 0.381 e. The first-order valence-corrected chi connectivity index (χ1v) is 6.86. The molecule has 18 heavy (non-hydrogen) atoms. The molecular weight excluding hydrogens is 254 g/mol. The van der Waals surface area contributed by atoms with Crippen molar-refractivity contribution >= 4 is 17.2 Å². The maximum absolute atomic E-state index is 11.6. The van der Waals surface area contributed by atoms with Gasteiger partial charge in [0.15, 0.2) is 0 Å². The highest BCUT2D eigenvalue weighted by atomic mass is 32.1. The predicted octanol–water partition coefficient (Wildman–Crippen LogP) is -0.179. The minimum absolute atomic E-state index is 0.0144. The Morgan fingerprint density at radius 3 is 2.94 bits per heavy atom. The van der Waals surface area contributed by atoms with Gasteiger partial charge in [-0.2, -0.15) is 0 Å². The molecule has 1 aromatic rings. The summed E-state index contributed by atoms with van der Waals surface area (Å²) in [6.07, 6.45) is 1.76. The van der Waals surface area contributed by atoms with Crippen molar-refractivity contribution in [1.29, 1.82) is 0 Å². The second-order valence-electron chi connectivity index (χ2n) is 4.23. The first kappa shape index (κ1) is 13.3. The lowest BCUT2D eigenvalue weighted by Crippen LogP contribution is -2.42. The molecule has 1 saturated heterocycles. The van der Waals surface area contributed by atoms with Crippen LogP contribution in [0.3, 0.4) is 0 Å². The van der Waals surface area contributed by atoms with Gasteiger partial charge >= 0.3 is 4.87 Å². The van der Waals surface area contributed by atoms with Crippen LogP contribution in [0.25, 0.3) is 0 Å². The topological polar surface area (TPSA) is 83.2 Å². The van der Waals surface area contributed by atoms with Gasteiger partial charge in [-0.25, -0.2) is 0 Å². The van der Waals surface area contributed by atoms with E-state index in [1.54, 1.807) is 5.38 Å². The van der Waals surface area contributed by atoms with Crippen LogP contribution in [0.15, 0.2) is 10.2 Å². The first-order chi connectivity index (χ1) is 8.74. The fourth-order valence-electron chi connectivity index (χ4n) is 1.83. The zero-order chi connectivity index (χ0) is 12.8. The van der Waals surface area contributed by atoms with E-state index in [0.29, 0.717) is 19.8 Å². The van der Waals surface area contributed by atoms with Gasteiger partial charge in [0, 0.05) is 36.9 Å². The number of ether oxygens (including phenoxy) is 1. The molecule has 1 fully saturated rings. The van der Waals surface area contributed by atoms with Crippen LogP contribution in [0.4, 0.5) is 0 Å². The van der Waals surface area contributed by atoms with Crippen molar-refractivity contribution in [1.82, 2.24) is 15.6 Å². The maximum Gasteiger partial charge on any atom is 0.304 e. The third-order valence-electron chi connectivity index (χ3n) is 2.76. The number of aromatic nitrogens is 1. The molecule has 2 heterocycles. The van der Waals surface area contributed by atoms with Gasteiger partial charge in [0.1, 0.15) is 0 Å². The molecule has 0 radical (unpaired) electrons. The summed E-state index contributed by atoms with van der Waals surface area (Å²) < 4.78 is 5.22. The maximum atomic E-state index is 11.6. The minimum atomic E-state index is -0.0709. The fourth-order valence-corrected chi connectivity index (χ4v) is 2.41. The van der Waals surface area contributed by atoms with E-state index in [4.69, 9.17) is 4.74 Å². The molecule has 1 aliphatic heterocycles. The number of carbonyl (C=O) groups is 1. The predicted molar refractivity (Wildman–Crippen MR) is 68.6 cm³/mol. The summed E-state index contributed by atoms with van der Waals surface area (Å²) in [5, 5.41) is 7.71. The summed E-state index contributed by atoms with van der Waals surface area (Å²) >= 11 is 1.13. The molecule has 0 aliphatic carbocycles. The SMILES string of the molecule is O=C(CNCc1csc(=O)[nH]1)NC1CCOCC1. The number of amides is 1. The molecule has 0 saturated carbocycles. The van der Waals surface area contributed by atoms with Gasteiger partial charge in [-0.1, -0.05) is 11.3 Å². The molecule has 7 heteroatoms. The van der Waals surface area contributed by atoms with E-state index in [1.165, 1.54) is 0 Å². The standard InChI is InChI=1S/C11H17N3O3S/c15-10(13-8-1-3-17-4-2-8)6-12-5-9-7-18-11(16)14-9/h7-8,12H,1-6H2,(H,13,15)(H,14,16). The molecular formula is C11H17N3O3S. The number of H-pyrrole nitrogens is 1. The fraction of sp³-hybridized carbons (Fsp3) is 0.636. The van der Waals surface area contributed by atoms with Crippen molar-refractivity contribution in [3.63, 3.8) is 0 Å². The summed E-state index contributed by atoms with van der Waals surface area (Å²) in [4.78, 5) is 25.1. The number of hydrogen-bond acceptors (Lipinski definition) is 5. The lowest BCUT2D eigenvalue weighted by molar-refractivity contribution is -0.121. The van der Waals surface area contributed by atoms with E-state index in [1.807, 2.05) is 0 Å². The van der Waals surface area contributed by atoms with Crippen LogP contribution in [0.1, 0.15) is 18.5 Å². The van der Waals surface area contributed by atoms with E-state index in [0.717, 1.165) is 29.9 Å². The third-order valence-corrected chi connectivity index (χ3v) is 3.48. The Morgan fingerprint density at radius 1 is 1.50 bits per heavy atom. The summed E-state index contributed by atoms with van der Waals surface area (Å²) in [6, 6.07) is 0.231. The van der Waals surface area contributed by atoms with Gasteiger partial charge in [-0.3, -0.25) is 9.59 Å². The highest BCUT2D eigenvalue weighted by Gasteiger charge is 2.15. The van der Waals surface area contributed by atoms with Crippen LogP contribution >= 0.6 is 11.3 Å². The highest BCUT2D eigenvalue weighted by molar-refractivity contribution is 7.07. The molecule has 1 amide bonds. The van der Waals surface area contributed by atoms with Crippen molar-refractivity contribution in [3.05, 3.63) is 20.7 Å². The Balaban J connectivity index is 1.63. The van der Waals surface area contributed by atoms with E-state index < -0.39 is 0 Å². The molecule has 6 nitrogen and oxygen atoms in total. The molecule has 100 valence electrons. The average molecular weight is 271 g/mol. The van der Waals surface area contributed by atoms with Crippen LogP contribution in [-0.2, 0) is 16.1 Å². The number of rotatable bonds is 5. The number of carbonyl (C=O) groups excluding carboxylic acids is 1. The van der Waals surface area contributed by atoms with Crippen LogP contribution in [0, 0.1) is 0 Å². The number of thiazole rings is 1. The smallest absolute Gasteiger partial charge is 0.304 e. The number of aromatic amines is 1. The summed E-state index contributed by atoms with van der Waals surface area (Å²) in [5.41, 5.74) is 0.809.